The molecule has 29 heavy (non-hydrogen) atoms. The Morgan fingerprint density at radius 1 is 1.07 bits per heavy atom. The summed E-state index contributed by atoms with van der Waals surface area (Å²) >= 11 is 0. The molecule has 1 aromatic heterocycles. The van der Waals surface area contributed by atoms with Gasteiger partial charge in [-0.3, -0.25) is 0 Å². The predicted octanol–water partition coefficient (Wildman–Crippen LogP) is 7.02. The number of nitrogens with zero attached hydrogens (tertiary/aromatic N) is 2. The molecule has 154 valence electrons. The summed E-state index contributed by atoms with van der Waals surface area (Å²) in [6, 6.07) is 15.0. The van der Waals surface area contributed by atoms with Crippen LogP contribution in [-0.4, -0.2) is 9.55 Å². The van der Waals surface area contributed by atoms with Crippen molar-refractivity contribution in [1.82, 2.24) is 9.55 Å². The van der Waals surface area contributed by atoms with E-state index >= 15 is 0 Å². The van der Waals surface area contributed by atoms with Crippen LogP contribution in [0.1, 0.15) is 75.2 Å². The molecular weight excluding hydrogens is 356 g/mol. The highest BCUT2D eigenvalue weighted by molar-refractivity contribution is 5.75. The molecule has 0 radical (unpaired) electrons. The molecule has 0 atom stereocenters. The first-order valence-corrected chi connectivity index (χ1v) is 11.3. The lowest BCUT2D eigenvalue weighted by Gasteiger charge is -2.22. The van der Waals surface area contributed by atoms with Gasteiger partial charge in [-0.1, -0.05) is 70.2 Å². The van der Waals surface area contributed by atoms with Gasteiger partial charge in [-0.25, -0.2) is 4.98 Å². The van der Waals surface area contributed by atoms with E-state index in [1.165, 1.54) is 55.2 Å². The zero-order valence-electron chi connectivity index (χ0n) is 18.2. The van der Waals surface area contributed by atoms with Gasteiger partial charge < -0.3 is 9.30 Å². The first kappa shape index (κ1) is 20.0. The maximum absolute atomic E-state index is 6.34. The Kier molecular flexibility index (Phi) is 6.22. The van der Waals surface area contributed by atoms with E-state index in [4.69, 9.17) is 9.72 Å². The molecule has 1 heterocycles. The Bertz CT molecular complexity index is 950. The molecule has 1 aliphatic carbocycles. The van der Waals surface area contributed by atoms with E-state index < -0.39 is 0 Å². The standard InChI is InChI=1S/C26H34N2O/c1-19(2)22-14-13-20(3)17-25(22)29-18-26-27-23-11-7-8-12-24(23)28(26)16-15-21-9-5-4-6-10-21/h7-8,11-14,17,19,21H,4-6,9-10,15-16,18H2,1-3H3. The fourth-order valence-electron chi connectivity index (χ4n) is 4.66. The van der Waals surface area contributed by atoms with E-state index in [0.717, 1.165) is 29.6 Å². The van der Waals surface area contributed by atoms with E-state index in [2.05, 4.69) is 67.8 Å². The Balaban J connectivity index is 1.56. The minimum atomic E-state index is 0.440. The summed E-state index contributed by atoms with van der Waals surface area (Å²) in [7, 11) is 0. The van der Waals surface area contributed by atoms with Crippen molar-refractivity contribution in [1.29, 1.82) is 0 Å². The first-order valence-electron chi connectivity index (χ1n) is 11.3. The molecule has 3 nitrogen and oxygen atoms in total. The van der Waals surface area contributed by atoms with Crippen molar-refractivity contribution in [3.8, 4) is 5.75 Å². The first-order chi connectivity index (χ1) is 14.1. The Morgan fingerprint density at radius 2 is 1.86 bits per heavy atom. The monoisotopic (exact) mass is 390 g/mol. The topological polar surface area (TPSA) is 27.1 Å². The molecule has 4 rings (SSSR count). The summed E-state index contributed by atoms with van der Waals surface area (Å²) in [6.07, 6.45) is 8.24. The van der Waals surface area contributed by atoms with Crippen molar-refractivity contribution in [2.24, 2.45) is 5.92 Å². The van der Waals surface area contributed by atoms with Gasteiger partial charge in [-0.05, 0) is 54.5 Å². The van der Waals surface area contributed by atoms with Gasteiger partial charge in [0.25, 0.3) is 0 Å². The highest BCUT2D eigenvalue weighted by Gasteiger charge is 2.17. The van der Waals surface area contributed by atoms with Crippen LogP contribution in [0.25, 0.3) is 11.0 Å². The molecule has 0 amide bonds. The van der Waals surface area contributed by atoms with E-state index in [1.54, 1.807) is 0 Å². The highest BCUT2D eigenvalue weighted by atomic mass is 16.5. The van der Waals surface area contributed by atoms with E-state index in [9.17, 15) is 0 Å². The van der Waals surface area contributed by atoms with E-state index in [1.807, 2.05) is 0 Å². The van der Waals surface area contributed by atoms with Crippen LogP contribution in [0.5, 0.6) is 5.75 Å². The second kappa shape index (κ2) is 9.02. The van der Waals surface area contributed by atoms with Gasteiger partial charge in [-0.2, -0.15) is 0 Å². The second-order valence-electron chi connectivity index (χ2n) is 8.95. The third-order valence-electron chi connectivity index (χ3n) is 6.37. The lowest BCUT2D eigenvalue weighted by molar-refractivity contribution is 0.279. The number of benzene rings is 2. The zero-order chi connectivity index (χ0) is 20.2. The van der Waals surface area contributed by atoms with Crippen LogP contribution in [0.3, 0.4) is 0 Å². The molecule has 3 aromatic rings. The van der Waals surface area contributed by atoms with Crippen LogP contribution in [0.4, 0.5) is 0 Å². The molecule has 1 aliphatic rings. The molecule has 0 bridgehead atoms. The van der Waals surface area contributed by atoms with Gasteiger partial charge in [0.2, 0.25) is 0 Å². The lowest BCUT2D eigenvalue weighted by atomic mass is 9.87. The smallest absolute Gasteiger partial charge is 0.147 e. The third-order valence-corrected chi connectivity index (χ3v) is 6.37. The number of hydrogen-bond donors (Lipinski definition) is 0. The summed E-state index contributed by atoms with van der Waals surface area (Å²) < 4.78 is 8.74. The molecule has 0 saturated heterocycles. The van der Waals surface area contributed by atoms with Crippen LogP contribution in [0, 0.1) is 12.8 Å². The molecule has 0 unspecified atom stereocenters. The second-order valence-corrected chi connectivity index (χ2v) is 8.95. The van der Waals surface area contributed by atoms with Crippen LogP contribution >= 0.6 is 0 Å². The Hall–Kier alpha value is -2.29. The minimum Gasteiger partial charge on any atom is -0.485 e. The van der Waals surface area contributed by atoms with E-state index in [-0.39, 0.29) is 0 Å². The summed E-state index contributed by atoms with van der Waals surface area (Å²) in [5, 5.41) is 0. The van der Waals surface area contributed by atoms with E-state index in [0.29, 0.717) is 12.5 Å². The molecule has 1 saturated carbocycles. The van der Waals surface area contributed by atoms with Crippen molar-refractivity contribution in [3.63, 3.8) is 0 Å². The van der Waals surface area contributed by atoms with Crippen LogP contribution in [-0.2, 0) is 13.2 Å². The number of rotatable bonds is 7. The molecule has 0 N–H and O–H groups in total. The molecule has 0 aliphatic heterocycles. The number of ether oxygens (including phenoxy) is 1. The largest absolute Gasteiger partial charge is 0.485 e. The van der Waals surface area contributed by atoms with Crippen molar-refractivity contribution >= 4 is 11.0 Å². The maximum Gasteiger partial charge on any atom is 0.147 e. The number of para-hydroxylation sites is 2. The third kappa shape index (κ3) is 4.66. The number of aromatic nitrogens is 2. The van der Waals surface area contributed by atoms with Crippen molar-refractivity contribution in [3.05, 3.63) is 59.4 Å². The zero-order valence-corrected chi connectivity index (χ0v) is 18.2. The van der Waals surface area contributed by atoms with Crippen molar-refractivity contribution in [2.75, 3.05) is 0 Å². The van der Waals surface area contributed by atoms with Crippen molar-refractivity contribution in [2.45, 2.75) is 78.4 Å². The van der Waals surface area contributed by atoms with Gasteiger partial charge in [-0.15, -0.1) is 0 Å². The summed E-state index contributed by atoms with van der Waals surface area (Å²) in [6.45, 7) is 8.11. The summed E-state index contributed by atoms with van der Waals surface area (Å²) in [4.78, 5) is 4.93. The fourth-order valence-corrected chi connectivity index (χ4v) is 4.66. The van der Waals surface area contributed by atoms with Gasteiger partial charge in [0.15, 0.2) is 0 Å². The molecular formula is C26H34N2O. The fraction of sp³-hybridized carbons (Fsp3) is 0.500. The maximum atomic E-state index is 6.34. The Morgan fingerprint density at radius 3 is 2.66 bits per heavy atom. The molecule has 2 aromatic carbocycles. The number of imidazole rings is 1. The van der Waals surface area contributed by atoms with Gasteiger partial charge in [0, 0.05) is 6.54 Å². The quantitative estimate of drug-likeness (QED) is 0.433. The van der Waals surface area contributed by atoms with Gasteiger partial charge in [0.05, 0.1) is 11.0 Å². The molecule has 0 spiro atoms. The normalized spacial score (nSPS) is 15.3. The SMILES string of the molecule is Cc1ccc(C(C)C)c(OCc2nc3ccccc3n2CCC2CCCCC2)c1. The minimum absolute atomic E-state index is 0.440. The molecule has 1 fully saturated rings. The number of hydrogen-bond acceptors (Lipinski definition) is 2. The average Bonchev–Trinajstić information content (AvgIpc) is 3.09. The van der Waals surface area contributed by atoms with Gasteiger partial charge >= 0.3 is 0 Å². The summed E-state index contributed by atoms with van der Waals surface area (Å²) in [5.41, 5.74) is 4.80. The number of aryl methyl sites for hydroxylation is 2. The van der Waals surface area contributed by atoms with Gasteiger partial charge in [0.1, 0.15) is 18.2 Å². The number of fused-ring (bicyclic) bond motifs is 1. The predicted molar refractivity (Wildman–Crippen MR) is 121 cm³/mol. The highest BCUT2D eigenvalue weighted by Crippen LogP contribution is 2.30. The van der Waals surface area contributed by atoms with Crippen LogP contribution in [0.15, 0.2) is 42.5 Å². The molecule has 3 heteroatoms. The summed E-state index contributed by atoms with van der Waals surface area (Å²) in [5.74, 6) is 3.34. The van der Waals surface area contributed by atoms with Crippen LogP contribution < -0.4 is 4.74 Å². The lowest BCUT2D eigenvalue weighted by Crippen LogP contribution is -2.13. The Labute approximate surface area is 175 Å². The average molecular weight is 391 g/mol. The van der Waals surface area contributed by atoms with Crippen LogP contribution in [0.2, 0.25) is 0 Å². The van der Waals surface area contributed by atoms with Crippen molar-refractivity contribution < 1.29 is 4.74 Å².